The van der Waals surface area contributed by atoms with Gasteiger partial charge >= 0.3 is 0 Å². The summed E-state index contributed by atoms with van der Waals surface area (Å²) in [6.45, 7) is 5.87. The van der Waals surface area contributed by atoms with Crippen molar-refractivity contribution in [3.05, 3.63) is 84.6 Å². The Labute approximate surface area is 146 Å². The lowest BCUT2D eigenvalue weighted by molar-refractivity contribution is 0.102. The van der Waals surface area contributed by atoms with Gasteiger partial charge in [0.25, 0.3) is 5.91 Å². The number of nitrogens with zero attached hydrogens (tertiary/aromatic N) is 2. The fourth-order valence-electron chi connectivity index (χ4n) is 2.40. The van der Waals surface area contributed by atoms with Crippen LogP contribution in [0.3, 0.4) is 0 Å². The Morgan fingerprint density at radius 2 is 1.92 bits per heavy atom. The van der Waals surface area contributed by atoms with Crippen molar-refractivity contribution in [2.75, 3.05) is 11.9 Å². The summed E-state index contributed by atoms with van der Waals surface area (Å²) in [4.78, 5) is 12.6. The van der Waals surface area contributed by atoms with E-state index >= 15 is 0 Å². The average Bonchev–Trinajstić information content (AvgIpc) is 3.01. The molecule has 25 heavy (non-hydrogen) atoms. The molecule has 5 nitrogen and oxygen atoms in total. The molecule has 0 aliphatic heterocycles. The summed E-state index contributed by atoms with van der Waals surface area (Å²) in [6, 6.07) is 16.8. The van der Waals surface area contributed by atoms with E-state index < -0.39 is 0 Å². The highest BCUT2D eigenvalue weighted by molar-refractivity contribution is 6.06. The van der Waals surface area contributed by atoms with Gasteiger partial charge in [0, 0.05) is 11.8 Å². The van der Waals surface area contributed by atoms with Crippen molar-refractivity contribution in [3.63, 3.8) is 0 Å². The van der Waals surface area contributed by atoms with Gasteiger partial charge < -0.3 is 10.1 Å². The van der Waals surface area contributed by atoms with Gasteiger partial charge in [-0.25, -0.2) is 4.68 Å². The first-order valence-corrected chi connectivity index (χ1v) is 7.95. The van der Waals surface area contributed by atoms with Crippen molar-refractivity contribution in [2.45, 2.75) is 6.92 Å². The van der Waals surface area contributed by atoms with Crippen LogP contribution in [0.25, 0.3) is 5.69 Å². The standard InChI is InChI=1S/C20H19N3O2/c1-3-13-25-18-12-8-7-11-17(18)20(24)21-19-15(2)14-23(22-19)16-9-5-4-6-10-16/h3-12,14H,1,13H2,2H3,(H,21,22,24). The molecule has 2 aromatic carbocycles. The lowest BCUT2D eigenvalue weighted by atomic mass is 10.2. The van der Waals surface area contributed by atoms with Crippen LogP contribution in [0, 0.1) is 6.92 Å². The normalized spacial score (nSPS) is 10.3. The van der Waals surface area contributed by atoms with Gasteiger partial charge in [0.2, 0.25) is 0 Å². The summed E-state index contributed by atoms with van der Waals surface area (Å²) in [5.74, 6) is 0.772. The predicted molar refractivity (Wildman–Crippen MR) is 98.4 cm³/mol. The van der Waals surface area contributed by atoms with Gasteiger partial charge in [0.1, 0.15) is 12.4 Å². The number of hydrogen-bond acceptors (Lipinski definition) is 3. The van der Waals surface area contributed by atoms with Gasteiger partial charge in [0.05, 0.1) is 11.3 Å². The fraction of sp³-hybridized carbons (Fsp3) is 0.100. The molecular weight excluding hydrogens is 314 g/mol. The molecule has 0 aliphatic carbocycles. The molecule has 1 aromatic heterocycles. The number of rotatable bonds is 6. The van der Waals surface area contributed by atoms with Crippen LogP contribution in [0.1, 0.15) is 15.9 Å². The van der Waals surface area contributed by atoms with Crippen LogP contribution in [0.4, 0.5) is 5.82 Å². The first-order chi connectivity index (χ1) is 12.2. The molecule has 0 saturated carbocycles. The summed E-state index contributed by atoms with van der Waals surface area (Å²) < 4.78 is 7.29. The maximum absolute atomic E-state index is 12.6. The molecule has 5 heteroatoms. The van der Waals surface area contributed by atoms with Gasteiger partial charge in [-0.2, -0.15) is 0 Å². The molecule has 3 aromatic rings. The van der Waals surface area contributed by atoms with Crippen LogP contribution in [-0.4, -0.2) is 22.3 Å². The molecule has 126 valence electrons. The Balaban J connectivity index is 1.82. The van der Waals surface area contributed by atoms with E-state index in [4.69, 9.17) is 4.74 Å². The number of ether oxygens (including phenoxy) is 1. The highest BCUT2D eigenvalue weighted by atomic mass is 16.5. The van der Waals surface area contributed by atoms with Crippen molar-refractivity contribution < 1.29 is 9.53 Å². The van der Waals surface area contributed by atoms with Gasteiger partial charge in [-0.15, -0.1) is 5.10 Å². The third-order valence-electron chi connectivity index (χ3n) is 3.64. The second-order valence-corrected chi connectivity index (χ2v) is 5.49. The van der Waals surface area contributed by atoms with E-state index in [1.807, 2.05) is 49.5 Å². The lowest BCUT2D eigenvalue weighted by Crippen LogP contribution is -2.15. The fourth-order valence-corrected chi connectivity index (χ4v) is 2.40. The van der Waals surface area contributed by atoms with E-state index in [1.165, 1.54) is 0 Å². The minimum atomic E-state index is -0.263. The molecule has 0 atom stereocenters. The van der Waals surface area contributed by atoms with Crippen LogP contribution in [0.15, 0.2) is 73.4 Å². The maximum atomic E-state index is 12.6. The van der Waals surface area contributed by atoms with Crippen molar-refractivity contribution in [1.82, 2.24) is 9.78 Å². The molecule has 1 amide bonds. The topological polar surface area (TPSA) is 56.1 Å². The molecule has 0 spiro atoms. The number of para-hydroxylation sites is 2. The number of carbonyl (C=O) groups is 1. The molecule has 1 N–H and O–H groups in total. The van der Waals surface area contributed by atoms with Gasteiger partial charge in [-0.05, 0) is 31.2 Å². The highest BCUT2D eigenvalue weighted by Crippen LogP contribution is 2.21. The van der Waals surface area contributed by atoms with E-state index in [-0.39, 0.29) is 5.91 Å². The number of aryl methyl sites for hydroxylation is 1. The lowest BCUT2D eigenvalue weighted by Gasteiger charge is -2.09. The van der Waals surface area contributed by atoms with E-state index in [1.54, 1.807) is 29.0 Å². The van der Waals surface area contributed by atoms with Gasteiger partial charge in [0.15, 0.2) is 5.82 Å². The van der Waals surface area contributed by atoms with Crippen LogP contribution in [0.5, 0.6) is 5.75 Å². The number of amides is 1. The summed E-state index contributed by atoms with van der Waals surface area (Å²) in [5.41, 5.74) is 2.26. The Bertz CT molecular complexity index is 885. The first kappa shape index (κ1) is 16.5. The Morgan fingerprint density at radius 3 is 2.68 bits per heavy atom. The second-order valence-electron chi connectivity index (χ2n) is 5.49. The average molecular weight is 333 g/mol. The van der Waals surface area contributed by atoms with E-state index in [0.717, 1.165) is 11.3 Å². The molecule has 0 fully saturated rings. The summed E-state index contributed by atoms with van der Waals surface area (Å²) in [7, 11) is 0. The molecule has 0 bridgehead atoms. The number of benzene rings is 2. The zero-order valence-electron chi connectivity index (χ0n) is 14.0. The minimum Gasteiger partial charge on any atom is -0.489 e. The molecular formula is C20H19N3O2. The number of anilines is 1. The smallest absolute Gasteiger partial charge is 0.260 e. The van der Waals surface area contributed by atoms with E-state index in [2.05, 4.69) is 17.0 Å². The predicted octanol–water partition coefficient (Wildman–Crippen LogP) is 4.00. The van der Waals surface area contributed by atoms with Gasteiger partial charge in [-0.1, -0.05) is 43.0 Å². The number of nitrogens with one attached hydrogen (secondary N) is 1. The summed E-state index contributed by atoms with van der Waals surface area (Å²) >= 11 is 0. The number of hydrogen-bond donors (Lipinski definition) is 1. The molecule has 1 heterocycles. The van der Waals surface area contributed by atoms with Crippen molar-refractivity contribution in [1.29, 1.82) is 0 Å². The third kappa shape index (κ3) is 3.77. The number of carbonyl (C=O) groups excluding carboxylic acids is 1. The zero-order valence-corrected chi connectivity index (χ0v) is 14.0. The van der Waals surface area contributed by atoms with Crippen LogP contribution < -0.4 is 10.1 Å². The van der Waals surface area contributed by atoms with Crippen molar-refractivity contribution >= 4 is 11.7 Å². The van der Waals surface area contributed by atoms with Crippen LogP contribution in [-0.2, 0) is 0 Å². The minimum absolute atomic E-state index is 0.263. The molecule has 0 unspecified atom stereocenters. The SMILES string of the molecule is C=CCOc1ccccc1C(=O)Nc1nn(-c2ccccc2)cc1C. The Morgan fingerprint density at radius 1 is 1.20 bits per heavy atom. The molecule has 0 saturated heterocycles. The largest absolute Gasteiger partial charge is 0.489 e. The van der Waals surface area contributed by atoms with Crippen molar-refractivity contribution in [2.24, 2.45) is 0 Å². The quantitative estimate of drug-likeness (QED) is 0.694. The highest BCUT2D eigenvalue weighted by Gasteiger charge is 2.15. The van der Waals surface area contributed by atoms with Crippen LogP contribution in [0.2, 0.25) is 0 Å². The third-order valence-corrected chi connectivity index (χ3v) is 3.64. The summed E-state index contributed by atoms with van der Waals surface area (Å²) in [6.07, 6.45) is 3.52. The van der Waals surface area contributed by atoms with Gasteiger partial charge in [-0.3, -0.25) is 4.79 Å². The molecule has 3 rings (SSSR count). The Hall–Kier alpha value is -3.34. The van der Waals surface area contributed by atoms with E-state index in [9.17, 15) is 4.79 Å². The summed E-state index contributed by atoms with van der Waals surface area (Å²) in [5, 5.41) is 7.32. The second kappa shape index (κ2) is 7.49. The monoisotopic (exact) mass is 333 g/mol. The Kier molecular flexibility index (Phi) is 4.95. The zero-order chi connectivity index (χ0) is 17.6. The van der Waals surface area contributed by atoms with Crippen molar-refractivity contribution in [3.8, 4) is 11.4 Å². The molecule has 0 radical (unpaired) electrons. The first-order valence-electron chi connectivity index (χ1n) is 7.95. The molecule has 0 aliphatic rings. The number of aromatic nitrogens is 2. The van der Waals surface area contributed by atoms with Crippen LogP contribution >= 0.6 is 0 Å². The maximum Gasteiger partial charge on any atom is 0.260 e. The van der Waals surface area contributed by atoms with E-state index in [0.29, 0.717) is 23.7 Å².